The lowest BCUT2D eigenvalue weighted by Gasteiger charge is -2.37. The molecular weight excluding hydrogens is 363 g/mol. The Morgan fingerprint density at radius 2 is 1.74 bits per heavy atom. The van der Waals surface area contributed by atoms with Crippen LogP contribution in [0.1, 0.15) is 64.2 Å². The van der Waals surface area contributed by atoms with Crippen molar-refractivity contribution < 1.29 is 13.9 Å². The summed E-state index contributed by atoms with van der Waals surface area (Å²) in [4.78, 5) is 12.4. The first-order valence-corrected chi connectivity index (χ1v) is 10.7. The molecule has 0 bridgehead atoms. The van der Waals surface area contributed by atoms with Crippen LogP contribution in [0.25, 0.3) is 0 Å². The number of allylic oxidation sites excluding steroid dienone is 1. The van der Waals surface area contributed by atoms with E-state index in [1.54, 1.807) is 6.07 Å². The van der Waals surface area contributed by atoms with E-state index in [1.165, 1.54) is 44.2 Å². The molecule has 0 atom stereocenters. The Bertz CT molecular complexity index is 644. The molecule has 1 aromatic rings. The number of carbonyl (C=O) groups is 1. The number of ether oxygens (including phenoxy) is 1. The molecule has 2 nitrogen and oxygen atoms in total. The maximum absolute atomic E-state index is 13.5. The highest BCUT2D eigenvalue weighted by atomic mass is 35.5. The normalized spacial score (nSPS) is 28.5. The summed E-state index contributed by atoms with van der Waals surface area (Å²) in [7, 11) is 0. The van der Waals surface area contributed by atoms with E-state index >= 15 is 0 Å². The molecule has 0 heterocycles. The van der Waals surface area contributed by atoms with Crippen LogP contribution in [0.2, 0.25) is 5.02 Å². The van der Waals surface area contributed by atoms with E-state index in [2.05, 4.69) is 6.58 Å². The van der Waals surface area contributed by atoms with Crippen molar-refractivity contribution in [3.8, 4) is 5.75 Å². The highest BCUT2D eigenvalue weighted by molar-refractivity contribution is 6.30. The molecule has 2 saturated carbocycles. The highest BCUT2D eigenvalue weighted by Crippen LogP contribution is 2.42. The molecule has 0 radical (unpaired) electrons. The fourth-order valence-corrected chi connectivity index (χ4v) is 4.99. The zero-order chi connectivity index (χ0) is 19.2. The maximum atomic E-state index is 13.5. The number of hydrogen-bond donors (Lipinski definition) is 0. The fourth-order valence-electron chi connectivity index (χ4n) is 4.87. The van der Waals surface area contributed by atoms with Gasteiger partial charge in [-0.15, -0.1) is 6.58 Å². The number of hydrogen-bond acceptors (Lipinski definition) is 2. The monoisotopic (exact) mass is 392 g/mol. The molecule has 0 unspecified atom stereocenters. The number of esters is 1. The van der Waals surface area contributed by atoms with E-state index in [1.807, 2.05) is 6.08 Å². The molecular formula is C23H30ClFO2. The molecule has 0 amide bonds. The van der Waals surface area contributed by atoms with Crippen LogP contribution in [-0.4, -0.2) is 5.97 Å². The first kappa shape index (κ1) is 20.4. The minimum atomic E-state index is -0.561. The number of benzene rings is 1. The van der Waals surface area contributed by atoms with Gasteiger partial charge in [-0.25, -0.2) is 4.39 Å². The lowest BCUT2D eigenvalue weighted by Crippen LogP contribution is -2.30. The minimum absolute atomic E-state index is 0.0366. The van der Waals surface area contributed by atoms with Gasteiger partial charge < -0.3 is 4.74 Å². The zero-order valence-electron chi connectivity index (χ0n) is 16.0. The Kier molecular flexibility index (Phi) is 7.34. The number of rotatable bonds is 6. The van der Waals surface area contributed by atoms with Crippen LogP contribution in [-0.2, 0) is 4.79 Å². The Hall–Kier alpha value is -1.35. The second kappa shape index (κ2) is 9.73. The molecule has 0 saturated heterocycles. The summed E-state index contributed by atoms with van der Waals surface area (Å²) in [5, 5.41) is 0.0366. The van der Waals surface area contributed by atoms with Crippen LogP contribution in [0.15, 0.2) is 30.9 Å². The SMILES string of the molecule is C=CCC[C@H]1CC[C@H](C2CCC(C(=O)Oc3ccc(Cl)c(F)c3)CC2)CC1. The van der Waals surface area contributed by atoms with Crippen molar-refractivity contribution in [2.24, 2.45) is 23.7 Å². The number of halogens is 2. The van der Waals surface area contributed by atoms with E-state index in [0.29, 0.717) is 0 Å². The maximum Gasteiger partial charge on any atom is 0.314 e. The lowest BCUT2D eigenvalue weighted by molar-refractivity contribution is -0.140. The van der Waals surface area contributed by atoms with E-state index in [0.717, 1.165) is 49.9 Å². The molecule has 2 aliphatic rings. The largest absolute Gasteiger partial charge is 0.426 e. The van der Waals surface area contributed by atoms with Crippen molar-refractivity contribution in [1.82, 2.24) is 0 Å². The zero-order valence-corrected chi connectivity index (χ0v) is 16.7. The highest BCUT2D eigenvalue weighted by Gasteiger charge is 2.33. The second-order valence-corrected chi connectivity index (χ2v) is 8.66. The van der Waals surface area contributed by atoms with E-state index < -0.39 is 5.82 Å². The van der Waals surface area contributed by atoms with Gasteiger partial charge in [-0.2, -0.15) is 0 Å². The van der Waals surface area contributed by atoms with Gasteiger partial charge in [-0.1, -0.05) is 30.5 Å². The van der Waals surface area contributed by atoms with Gasteiger partial charge >= 0.3 is 5.97 Å². The summed E-state index contributed by atoms with van der Waals surface area (Å²) in [6.07, 6.45) is 13.8. The Balaban J connectivity index is 1.42. The van der Waals surface area contributed by atoms with Gasteiger partial charge in [0.05, 0.1) is 10.9 Å². The molecule has 3 rings (SSSR count). The first-order chi connectivity index (χ1) is 13.1. The molecule has 0 N–H and O–H groups in total. The first-order valence-electron chi connectivity index (χ1n) is 10.3. The molecule has 148 valence electrons. The van der Waals surface area contributed by atoms with Crippen LogP contribution in [0.5, 0.6) is 5.75 Å². The molecule has 0 aromatic heterocycles. The van der Waals surface area contributed by atoms with Gasteiger partial charge in [-0.3, -0.25) is 4.79 Å². The third kappa shape index (κ3) is 5.57. The Morgan fingerprint density at radius 3 is 2.33 bits per heavy atom. The van der Waals surface area contributed by atoms with Gasteiger partial charge in [0.2, 0.25) is 0 Å². The van der Waals surface area contributed by atoms with Gasteiger partial charge in [0, 0.05) is 6.07 Å². The van der Waals surface area contributed by atoms with E-state index in [-0.39, 0.29) is 22.7 Å². The van der Waals surface area contributed by atoms with Crippen molar-refractivity contribution in [3.63, 3.8) is 0 Å². The molecule has 2 fully saturated rings. The van der Waals surface area contributed by atoms with Gasteiger partial charge in [0.1, 0.15) is 11.6 Å². The second-order valence-electron chi connectivity index (χ2n) is 8.26. The van der Waals surface area contributed by atoms with Crippen molar-refractivity contribution in [2.75, 3.05) is 0 Å². The van der Waals surface area contributed by atoms with Crippen molar-refractivity contribution in [3.05, 3.63) is 41.7 Å². The standard InChI is InChI=1S/C23H30ClFO2/c1-2-3-4-16-5-7-17(8-6-16)18-9-11-19(12-10-18)23(26)27-20-13-14-21(24)22(25)15-20/h2,13-19H,1,3-12H2/t16-,17-,18?,19?. The smallest absolute Gasteiger partial charge is 0.314 e. The van der Waals surface area contributed by atoms with Gasteiger partial charge in [-0.05, 0) is 81.3 Å². The summed E-state index contributed by atoms with van der Waals surface area (Å²) >= 11 is 5.67. The average molecular weight is 393 g/mol. The van der Waals surface area contributed by atoms with Crippen LogP contribution in [0.4, 0.5) is 4.39 Å². The summed E-state index contributed by atoms with van der Waals surface area (Å²) in [6, 6.07) is 4.14. The minimum Gasteiger partial charge on any atom is -0.426 e. The van der Waals surface area contributed by atoms with Crippen molar-refractivity contribution >= 4 is 17.6 Å². The van der Waals surface area contributed by atoms with Crippen LogP contribution >= 0.6 is 11.6 Å². The molecule has 2 aliphatic carbocycles. The third-order valence-electron chi connectivity index (χ3n) is 6.55. The van der Waals surface area contributed by atoms with Crippen LogP contribution in [0.3, 0.4) is 0 Å². The summed E-state index contributed by atoms with van der Waals surface area (Å²) in [5.74, 6) is 1.84. The quantitative estimate of drug-likeness (QED) is 0.297. The fraction of sp³-hybridized carbons (Fsp3) is 0.609. The van der Waals surface area contributed by atoms with Gasteiger partial charge in [0.15, 0.2) is 0 Å². The number of carbonyl (C=O) groups excluding carboxylic acids is 1. The van der Waals surface area contributed by atoms with Crippen LogP contribution < -0.4 is 4.74 Å². The lowest BCUT2D eigenvalue weighted by atomic mass is 9.69. The summed E-state index contributed by atoms with van der Waals surface area (Å²) < 4.78 is 18.9. The van der Waals surface area contributed by atoms with E-state index in [4.69, 9.17) is 16.3 Å². The van der Waals surface area contributed by atoms with Crippen molar-refractivity contribution in [2.45, 2.75) is 64.2 Å². The average Bonchev–Trinajstić information content (AvgIpc) is 2.70. The summed E-state index contributed by atoms with van der Waals surface area (Å²) in [6.45, 7) is 3.83. The molecule has 0 spiro atoms. The third-order valence-corrected chi connectivity index (χ3v) is 6.86. The molecule has 0 aliphatic heterocycles. The van der Waals surface area contributed by atoms with Crippen LogP contribution in [0, 0.1) is 29.5 Å². The summed E-state index contributed by atoms with van der Waals surface area (Å²) in [5.41, 5.74) is 0. The topological polar surface area (TPSA) is 26.3 Å². The molecule has 27 heavy (non-hydrogen) atoms. The molecule has 4 heteroatoms. The van der Waals surface area contributed by atoms with Crippen molar-refractivity contribution in [1.29, 1.82) is 0 Å². The molecule has 1 aromatic carbocycles. The predicted molar refractivity (Wildman–Crippen MR) is 107 cm³/mol. The van der Waals surface area contributed by atoms with E-state index in [9.17, 15) is 9.18 Å². The Morgan fingerprint density at radius 1 is 1.11 bits per heavy atom. The van der Waals surface area contributed by atoms with Gasteiger partial charge in [0.25, 0.3) is 0 Å². The Labute approximate surface area is 167 Å². The predicted octanol–water partition coefficient (Wildman–Crippen LogP) is 6.96.